The minimum atomic E-state index is -3.48. The lowest BCUT2D eigenvalue weighted by molar-refractivity contribution is 0.102. The van der Waals surface area contributed by atoms with E-state index < -0.39 is 10.0 Å². The fourth-order valence-corrected chi connectivity index (χ4v) is 2.61. The number of anilines is 1. The van der Waals surface area contributed by atoms with Gasteiger partial charge in [-0.05, 0) is 24.3 Å². The fourth-order valence-electron chi connectivity index (χ4n) is 1.57. The number of rotatable bonds is 5. The molecule has 0 atom stereocenters. The van der Waals surface area contributed by atoms with Gasteiger partial charge in [0.2, 0.25) is 10.0 Å². The van der Waals surface area contributed by atoms with Crippen LogP contribution in [0.5, 0.6) is 0 Å². The number of sulfonamides is 1. The van der Waals surface area contributed by atoms with Gasteiger partial charge in [0.15, 0.2) is 0 Å². The lowest BCUT2D eigenvalue weighted by Crippen LogP contribution is -2.23. The van der Waals surface area contributed by atoms with E-state index in [-0.39, 0.29) is 10.8 Å². The van der Waals surface area contributed by atoms with Crippen molar-refractivity contribution in [2.45, 2.75) is 11.8 Å². The zero-order valence-electron chi connectivity index (χ0n) is 10.8. The van der Waals surface area contributed by atoms with Crippen LogP contribution in [0.3, 0.4) is 0 Å². The molecule has 20 heavy (non-hydrogen) atoms. The largest absolute Gasteiger partial charge is 0.322 e. The molecule has 0 spiro atoms. The van der Waals surface area contributed by atoms with Crippen LogP contribution in [-0.2, 0) is 10.0 Å². The van der Waals surface area contributed by atoms with Gasteiger partial charge in [-0.1, -0.05) is 6.92 Å². The number of amides is 1. The van der Waals surface area contributed by atoms with Crippen LogP contribution in [0.2, 0.25) is 0 Å². The predicted octanol–water partition coefficient (Wildman–Crippen LogP) is 0.960. The van der Waals surface area contributed by atoms with E-state index in [0.29, 0.717) is 17.8 Å². The molecule has 1 aromatic heterocycles. The Labute approximate surface area is 116 Å². The second-order valence-electron chi connectivity index (χ2n) is 3.97. The highest BCUT2D eigenvalue weighted by Crippen LogP contribution is 2.14. The number of carbonyl (C=O) groups is 1. The summed E-state index contributed by atoms with van der Waals surface area (Å²) >= 11 is 0. The minimum absolute atomic E-state index is 0.153. The van der Waals surface area contributed by atoms with Gasteiger partial charge in [0.25, 0.3) is 5.91 Å². The maximum absolute atomic E-state index is 11.8. The Morgan fingerprint density at radius 2 is 2.00 bits per heavy atom. The minimum Gasteiger partial charge on any atom is -0.322 e. The molecule has 0 aliphatic rings. The molecule has 0 aliphatic heterocycles. The first-order valence-corrected chi connectivity index (χ1v) is 7.41. The Bertz CT molecular complexity index is 678. The maximum atomic E-state index is 11.8. The highest BCUT2D eigenvalue weighted by Gasteiger charge is 2.12. The molecule has 7 nitrogen and oxygen atoms in total. The monoisotopic (exact) mass is 294 g/mol. The number of benzene rings is 1. The predicted molar refractivity (Wildman–Crippen MR) is 73.8 cm³/mol. The molecule has 0 aliphatic carbocycles. The van der Waals surface area contributed by atoms with Gasteiger partial charge < -0.3 is 5.32 Å². The van der Waals surface area contributed by atoms with Crippen molar-refractivity contribution < 1.29 is 13.2 Å². The Morgan fingerprint density at radius 1 is 1.30 bits per heavy atom. The lowest BCUT2D eigenvalue weighted by Gasteiger charge is -2.06. The fraction of sp³-hybridized carbons (Fsp3) is 0.167. The van der Waals surface area contributed by atoms with Crippen molar-refractivity contribution in [2.75, 3.05) is 11.9 Å². The van der Waals surface area contributed by atoms with E-state index >= 15 is 0 Å². The molecule has 1 aromatic carbocycles. The van der Waals surface area contributed by atoms with Gasteiger partial charge in [0.1, 0.15) is 0 Å². The second kappa shape index (κ2) is 5.85. The third-order valence-corrected chi connectivity index (χ3v) is 4.08. The standard InChI is InChI=1S/C12H14N4O3S/c1-2-15-20(18,19)11-5-3-10(4-6-11)16-12(17)9-7-13-14-8-9/h3-8,15H,2H2,1H3,(H,13,14)(H,16,17). The first-order valence-electron chi connectivity index (χ1n) is 5.93. The summed E-state index contributed by atoms with van der Waals surface area (Å²) in [6.07, 6.45) is 2.87. The number of nitrogens with one attached hydrogen (secondary N) is 3. The molecule has 3 N–H and O–H groups in total. The third-order valence-electron chi connectivity index (χ3n) is 2.52. The van der Waals surface area contributed by atoms with Crippen LogP contribution in [0.15, 0.2) is 41.6 Å². The molecule has 2 rings (SSSR count). The van der Waals surface area contributed by atoms with E-state index in [0.717, 1.165) is 0 Å². The number of aromatic nitrogens is 2. The number of nitrogens with zero attached hydrogens (tertiary/aromatic N) is 1. The van der Waals surface area contributed by atoms with Crippen molar-refractivity contribution in [3.63, 3.8) is 0 Å². The molecule has 0 bridgehead atoms. The van der Waals surface area contributed by atoms with Gasteiger partial charge >= 0.3 is 0 Å². The molecule has 0 fully saturated rings. The highest BCUT2D eigenvalue weighted by atomic mass is 32.2. The molecule has 2 aromatic rings. The number of aromatic amines is 1. The quantitative estimate of drug-likeness (QED) is 0.764. The van der Waals surface area contributed by atoms with E-state index in [9.17, 15) is 13.2 Å². The van der Waals surface area contributed by atoms with Gasteiger partial charge in [-0.3, -0.25) is 9.89 Å². The molecule has 1 amide bonds. The average Bonchev–Trinajstić information content (AvgIpc) is 2.93. The van der Waals surface area contributed by atoms with Crippen LogP contribution in [0, 0.1) is 0 Å². The Kier molecular flexibility index (Phi) is 4.16. The van der Waals surface area contributed by atoms with Crippen LogP contribution >= 0.6 is 0 Å². The molecule has 0 radical (unpaired) electrons. The third kappa shape index (κ3) is 3.22. The summed E-state index contributed by atoms with van der Waals surface area (Å²) in [4.78, 5) is 11.9. The SMILES string of the molecule is CCNS(=O)(=O)c1ccc(NC(=O)c2cn[nH]c2)cc1. The molecule has 106 valence electrons. The molecule has 8 heteroatoms. The van der Waals surface area contributed by atoms with E-state index in [1.54, 1.807) is 6.92 Å². The first kappa shape index (κ1) is 14.2. The maximum Gasteiger partial charge on any atom is 0.258 e. The van der Waals surface area contributed by atoms with Crippen molar-refractivity contribution >= 4 is 21.6 Å². The smallest absolute Gasteiger partial charge is 0.258 e. The van der Waals surface area contributed by atoms with Crippen LogP contribution in [0.4, 0.5) is 5.69 Å². The van der Waals surface area contributed by atoms with Crippen molar-refractivity contribution in [1.82, 2.24) is 14.9 Å². The van der Waals surface area contributed by atoms with Crippen molar-refractivity contribution in [1.29, 1.82) is 0 Å². The summed E-state index contributed by atoms with van der Waals surface area (Å²) in [5, 5.41) is 8.86. The zero-order chi connectivity index (χ0) is 14.6. The number of hydrogen-bond donors (Lipinski definition) is 3. The van der Waals surface area contributed by atoms with Crippen LogP contribution in [0.1, 0.15) is 17.3 Å². The summed E-state index contributed by atoms with van der Waals surface area (Å²) in [5.74, 6) is -0.318. The van der Waals surface area contributed by atoms with Crippen molar-refractivity contribution in [3.8, 4) is 0 Å². The molecular weight excluding hydrogens is 280 g/mol. The van der Waals surface area contributed by atoms with E-state index in [2.05, 4.69) is 20.2 Å². The van der Waals surface area contributed by atoms with Crippen LogP contribution in [0.25, 0.3) is 0 Å². The normalized spacial score (nSPS) is 11.2. The van der Waals surface area contributed by atoms with Crippen molar-refractivity contribution in [3.05, 3.63) is 42.2 Å². The summed E-state index contributed by atoms with van der Waals surface area (Å²) < 4.78 is 25.9. The number of carbonyl (C=O) groups excluding carboxylic acids is 1. The number of H-pyrrole nitrogens is 1. The molecular formula is C12H14N4O3S. The summed E-state index contributed by atoms with van der Waals surface area (Å²) in [7, 11) is -3.48. The average molecular weight is 294 g/mol. The molecule has 0 unspecified atom stereocenters. The molecule has 0 saturated heterocycles. The summed E-state index contributed by atoms with van der Waals surface area (Å²) in [6, 6.07) is 5.93. The molecule has 0 saturated carbocycles. The Balaban J connectivity index is 2.11. The highest BCUT2D eigenvalue weighted by molar-refractivity contribution is 7.89. The Morgan fingerprint density at radius 3 is 2.55 bits per heavy atom. The second-order valence-corrected chi connectivity index (χ2v) is 5.73. The summed E-state index contributed by atoms with van der Waals surface area (Å²) in [5.41, 5.74) is 0.904. The van der Waals surface area contributed by atoms with Gasteiger partial charge in [0, 0.05) is 18.4 Å². The molecule has 1 heterocycles. The van der Waals surface area contributed by atoms with Crippen LogP contribution in [-0.4, -0.2) is 31.1 Å². The van der Waals surface area contributed by atoms with E-state index in [4.69, 9.17) is 0 Å². The lowest BCUT2D eigenvalue weighted by atomic mass is 10.3. The Hall–Kier alpha value is -2.19. The van der Waals surface area contributed by atoms with Gasteiger partial charge in [0.05, 0.1) is 16.7 Å². The van der Waals surface area contributed by atoms with Crippen molar-refractivity contribution in [2.24, 2.45) is 0 Å². The van der Waals surface area contributed by atoms with E-state index in [1.165, 1.54) is 36.7 Å². The van der Waals surface area contributed by atoms with Crippen LogP contribution < -0.4 is 10.0 Å². The summed E-state index contributed by atoms with van der Waals surface area (Å²) in [6.45, 7) is 2.03. The van der Waals surface area contributed by atoms with Gasteiger partial charge in [-0.15, -0.1) is 0 Å². The first-order chi connectivity index (χ1) is 9.53. The van der Waals surface area contributed by atoms with Gasteiger partial charge in [-0.25, -0.2) is 13.1 Å². The van der Waals surface area contributed by atoms with Gasteiger partial charge in [-0.2, -0.15) is 5.10 Å². The van der Waals surface area contributed by atoms with E-state index in [1.807, 2.05) is 0 Å². The zero-order valence-corrected chi connectivity index (χ0v) is 11.6. The number of hydrogen-bond acceptors (Lipinski definition) is 4. The topological polar surface area (TPSA) is 104 Å².